The number of hydrogen-bond donors (Lipinski definition) is 1. The van der Waals surface area contributed by atoms with Gasteiger partial charge in [0, 0.05) is 12.3 Å². The highest BCUT2D eigenvalue weighted by Gasteiger charge is 2.63. The van der Waals surface area contributed by atoms with E-state index in [0.29, 0.717) is 0 Å². The average Bonchev–Trinajstić information content (AvgIpc) is 3.07. The molecule has 0 unspecified atom stereocenters. The van der Waals surface area contributed by atoms with Gasteiger partial charge in [-0.25, -0.2) is 4.79 Å². The van der Waals surface area contributed by atoms with Gasteiger partial charge in [-0.2, -0.15) is 21.6 Å². The van der Waals surface area contributed by atoms with E-state index in [1.54, 1.807) is 0 Å². The van der Waals surface area contributed by atoms with Crippen molar-refractivity contribution in [1.29, 1.82) is 0 Å². The number of H-pyrrole nitrogens is 1. The lowest BCUT2D eigenvalue weighted by Crippen LogP contribution is -2.66. The molecule has 2 aliphatic heterocycles. The molecule has 2 saturated heterocycles. The maximum absolute atomic E-state index is 13.5. The van der Waals surface area contributed by atoms with E-state index in [2.05, 4.69) is 0 Å². The highest BCUT2D eigenvalue weighted by Crippen LogP contribution is 2.49. The van der Waals surface area contributed by atoms with Crippen LogP contribution in [0.5, 0.6) is 0 Å². The standard InChI is InChI=1S/C22H37F3N2O9SSi2/c1-12(2)38(13(3)4)32-11-16-18(35-39(36-38,14(5)6)15(7)8)19(34-37(30,31)22(23,24)25)20(33-16)27-10-9-17(28)26-21(27)29/h9-10,12-16,18-20H,11H2,1-8H3,(H,26,28,29)/t16-,18-,19+,20-/m1/s1. The molecule has 0 aliphatic carbocycles. The molecule has 0 bridgehead atoms. The maximum Gasteiger partial charge on any atom is 0.523 e. The second-order valence-electron chi connectivity index (χ2n) is 11.1. The van der Waals surface area contributed by atoms with Crippen molar-refractivity contribution in [3.8, 4) is 0 Å². The number of aromatic nitrogens is 2. The molecule has 39 heavy (non-hydrogen) atoms. The van der Waals surface area contributed by atoms with Gasteiger partial charge in [0.2, 0.25) is 0 Å². The van der Waals surface area contributed by atoms with Gasteiger partial charge in [-0.3, -0.25) is 18.5 Å². The average molecular weight is 619 g/mol. The lowest BCUT2D eigenvalue weighted by atomic mass is 10.1. The van der Waals surface area contributed by atoms with E-state index in [1.165, 1.54) is 0 Å². The summed E-state index contributed by atoms with van der Waals surface area (Å²) in [5, 5.41) is 0. The molecule has 0 radical (unpaired) electrons. The van der Waals surface area contributed by atoms with Gasteiger partial charge in [0.15, 0.2) is 12.3 Å². The highest BCUT2D eigenvalue weighted by atomic mass is 32.2. The molecule has 11 nitrogen and oxygen atoms in total. The third-order valence-corrected chi connectivity index (χ3v) is 18.6. The minimum absolute atomic E-state index is 0.0429. The van der Waals surface area contributed by atoms with Crippen molar-refractivity contribution in [1.82, 2.24) is 9.55 Å². The number of nitrogens with zero attached hydrogens (tertiary/aromatic N) is 1. The molecule has 224 valence electrons. The maximum atomic E-state index is 13.5. The lowest BCUT2D eigenvalue weighted by Gasteiger charge is -2.51. The first kappa shape index (κ1) is 32.2. The van der Waals surface area contributed by atoms with Crippen LogP contribution in [0.2, 0.25) is 22.2 Å². The van der Waals surface area contributed by atoms with E-state index in [9.17, 15) is 31.2 Å². The van der Waals surface area contributed by atoms with Crippen molar-refractivity contribution >= 4 is 27.2 Å². The van der Waals surface area contributed by atoms with Gasteiger partial charge in [-0.1, -0.05) is 55.4 Å². The highest BCUT2D eigenvalue weighted by molar-refractivity contribution is 7.87. The van der Waals surface area contributed by atoms with Gasteiger partial charge in [-0.05, 0) is 22.2 Å². The number of ether oxygens (including phenoxy) is 1. The van der Waals surface area contributed by atoms with E-state index in [1.807, 2.05) is 60.4 Å². The molecular weight excluding hydrogens is 581 g/mol. The van der Waals surface area contributed by atoms with Crippen molar-refractivity contribution in [2.24, 2.45) is 0 Å². The summed E-state index contributed by atoms with van der Waals surface area (Å²) in [6.45, 7) is 15.2. The third kappa shape index (κ3) is 5.86. The summed E-state index contributed by atoms with van der Waals surface area (Å²) in [6, 6.07) is 0.956. The van der Waals surface area contributed by atoms with Gasteiger partial charge < -0.3 is 17.7 Å². The van der Waals surface area contributed by atoms with Crippen molar-refractivity contribution < 1.29 is 43.5 Å². The fraction of sp³-hybridized carbons (Fsp3) is 0.818. The van der Waals surface area contributed by atoms with Crippen LogP contribution in [0.15, 0.2) is 21.9 Å². The van der Waals surface area contributed by atoms with Gasteiger partial charge >= 0.3 is 38.4 Å². The summed E-state index contributed by atoms with van der Waals surface area (Å²) in [6.07, 6.45) is -5.17. The Hall–Kier alpha value is -1.35. The Morgan fingerprint density at radius 1 is 1.00 bits per heavy atom. The van der Waals surface area contributed by atoms with Crippen LogP contribution in [-0.4, -0.2) is 65.5 Å². The molecule has 4 atom stereocenters. The SMILES string of the molecule is CC(C)[Si]1(C(C)C)OC[C@H]2O[C@@H](n3ccc(=O)[nH]c3=O)[C@@H](OS(=O)(=O)C(F)(F)F)[C@@H]2O[Si](C(C)C)(C(C)C)O1. The molecular formula is C22H37F3N2O9SSi2. The lowest BCUT2D eigenvalue weighted by molar-refractivity contribution is -0.0709. The number of rotatable bonds is 7. The molecule has 17 heteroatoms. The first-order valence-corrected chi connectivity index (χ1v) is 18.1. The molecule has 0 amide bonds. The van der Waals surface area contributed by atoms with Crippen LogP contribution in [0.1, 0.15) is 61.6 Å². The van der Waals surface area contributed by atoms with Crippen LogP contribution >= 0.6 is 0 Å². The molecule has 0 spiro atoms. The number of aromatic amines is 1. The first-order valence-electron chi connectivity index (χ1n) is 12.8. The Morgan fingerprint density at radius 3 is 2.00 bits per heavy atom. The van der Waals surface area contributed by atoms with Crippen LogP contribution < -0.4 is 11.2 Å². The van der Waals surface area contributed by atoms with Gasteiger partial charge in [-0.15, -0.1) is 0 Å². The van der Waals surface area contributed by atoms with Gasteiger partial charge in [0.25, 0.3) is 5.56 Å². The molecule has 1 aromatic rings. The molecule has 0 saturated carbocycles. The molecule has 1 aromatic heterocycles. The molecule has 0 aromatic carbocycles. The Bertz CT molecular complexity index is 1230. The second kappa shape index (κ2) is 11.1. The van der Waals surface area contributed by atoms with Crippen molar-refractivity contribution in [2.45, 2.75) is 108 Å². The van der Waals surface area contributed by atoms with E-state index in [0.717, 1.165) is 16.8 Å². The predicted molar refractivity (Wildman–Crippen MR) is 139 cm³/mol. The minimum atomic E-state index is -6.15. The Morgan fingerprint density at radius 2 is 1.54 bits per heavy atom. The Balaban J connectivity index is 2.24. The molecule has 2 aliphatic rings. The first-order chi connectivity index (χ1) is 17.8. The summed E-state index contributed by atoms with van der Waals surface area (Å²) >= 11 is 0. The number of nitrogens with one attached hydrogen (secondary N) is 1. The van der Waals surface area contributed by atoms with Gasteiger partial charge in [0.05, 0.1) is 6.61 Å². The van der Waals surface area contributed by atoms with Crippen LogP contribution in [0.4, 0.5) is 13.2 Å². The summed E-state index contributed by atoms with van der Waals surface area (Å²) in [5.41, 5.74) is -8.09. The largest absolute Gasteiger partial charge is 0.523 e. The van der Waals surface area contributed by atoms with Crippen molar-refractivity contribution in [2.75, 3.05) is 6.61 Å². The third-order valence-electron chi connectivity index (χ3n) is 7.26. The van der Waals surface area contributed by atoms with Crippen molar-refractivity contribution in [3.05, 3.63) is 33.1 Å². The van der Waals surface area contributed by atoms with Crippen molar-refractivity contribution in [3.63, 3.8) is 0 Å². The summed E-state index contributed by atoms with van der Waals surface area (Å²) in [5.74, 6) is 0. The van der Waals surface area contributed by atoms with E-state index in [4.69, 9.17) is 21.9 Å². The van der Waals surface area contributed by atoms with E-state index < -0.39 is 68.5 Å². The molecule has 3 heterocycles. The van der Waals surface area contributed by atoms with E-state index >= 15 is 0 Å². The Kier molecular flexibility index (Phi) is 9.20. The number of fused-ring (bicyclic) bond motifs is 1. The minimum Gasteiger partial charge on any atom is -0.414 e. The van der Waals surface area contributed by atoms with E-state index in [-0.39, 0.29) is 28.8 Å². The number of alkyl halides is 3. The zero-order valence-electron chi connectivity index (χ0n) is 23.1. The fourth-order valence-electron chi connectivity index (χ4n) is 5.28. The summed E-state index contributed by atoms with van der Waals surface area (Å²) in [4.78, 5) is 26.3. The topological polar surface area (TPSA) is 135 Å². The molecule has 2 fully saturated rings. The van der Waals surface area contributed by atoms with Crippen LogP contribution in [-0.2, 0) is 32.0 Å². The van der Waals surface area contributed by atoms with Crippen LogP contribution in [0, 0.1) is 0 Å². The second-order valence-corrected chi connectivity index (χ2v) is 21.5. The summed E-state index contributed by atoms with van der Waals surface area (Å²) < 4.78 is 96.5. The smallest absolute Gasteiger partial charge is 0.414 e. The molecule has 1 N–H and O–H groups in total. The number of halogens is 3. The zero-order chi connectivity index (χ0) is 29.7. The summed E-state index contributed by atoms with van der Waals surface area (Å²) in [7, 11) is -12.6. The van der Waals surface area contributed by atoms with Gasteiger partial charge in [0.1, 0.15) is 12.2 Å². The normalized spacial score (nSPS) is 27.7. The quantitative estimate of drug-likeness (QED) is 0.276. The zero-order valence-corrected chi connectivity index (χ0v) is 26.0. The fourth-order valence-corrected chi connectivity index (χ4v) is 17.1. The van der Waals surface area contributed by atoms with Crippen LogP contribution in [0.25, 0.3) is 0 Å². The monoisotopic (exact) mass is 618 g/mol. The molecule has 3 rings (SSSR count). The number of hydrogen-bond acceptors (Lipinski definition) is 9. The predicted octanol–water partition coefficient (Wildman–Crippen LogP) is 3.63. The van der Waals surface area contributed by atoms with Crippen LogP contribution in [0.3, 0.4) is 0 Å². The Labute approximate surface area is 227 Å².